The Labute approximate surface area is 498 Å². The molecule has 0 aliphatic heterocycles. The second kappa shape index (κ2) is 55.6. The second-order valence-electron chi connectivity index (χ2n) is 23.5. The Hall–Kier alpha value is -1.94. The van der Waals surface area contributed by atoms with Gasteiger partial charge >= 0.3 is 39.5 Å². The Kier molecular flexibility index (Phi) is 54.3. The first-order valence-corrected chi connectivity index (χ1v) is 36.0. The van der Waals surface area contributed by atoms with Crippen molar-refractivity contribution in [3.63, 3.8) is 0 Å². The number of esters is 4. The summed E-state index contributed by atoms with van der Waals surface area (Å²) < 4.78 is 67.9. The number of aliphatic hydroxyl groups is 1. The van der Waals surface area contributed by atoms with Crippen LogP contribution in [0.3, 0.4) is 0 Å². The Morgan fingerprint density at radius 1 is 0.354 bits per heavy atom. The zero-order valence-corrected chi connectivity index (χ0v) is 54.6. The van der Waals surface area contributed by atoms with Gasteiger partial charge in [0.2, 0.25) is 0 Å². The number of phosphoric ester groups is 2. The molecule has 19 heteroatoms. The molecule has 486 valence electrons. The van der Waals surface area contributed by atoms with Gasteiger partial charge in [-0.3, -0.25) is 37.3 Å². The van der Waals surface area contributed by atoms with Crippen LogP contribution in [0.1, 0.15) is 311 Å². The maximum absolute atomic E-state index is 13.0. The fourth-order valence-electron chi connectivity index (χ4n) is 9.32. The van der Waals surface area contributed by atoms with Gasteiger partial charge in [0.05, 0.1) is 26.4 Å². The number of ether oxygens (including phenoxy) is 4. The van der Waals surface area contributed by atoms with Gasteiger partial charge in [-0.2, -0.15) is 0 Å². The molecular weight excluding hydrogens is 1090 g/mol. The minimum atomic E-state index is -4.94. The molecule has 0 aliphatic carbocycles. The molecule has 0 saturated heterocycles. The first-order chi connectivity index (χ1) is 39.4. The van der Waals surface area contributed by atoms with Crippen molar-refractivity contribution in [3.8, 4) is 0 Å². The molecule has 0 bridgehead atoms. The van der Waals surface area contributed by atoms with Crippen molar-refractivity contribution in [3.05, 3.63) is 0 Å². The van der Waals surface area contributed by atoms with Crippen LogP contribution in [0.5, 0.6) is 0 Å². The molecule has 3 N–H and O–H groups in total. The van der Waals surface area contributed by atoms with Gasteiger partial charge in [-0.25, -0.2) is 9.13 Å². The standard InChI is InChI=1S/C63H122O17P2/c1-7-10-12-14-16-18-20-29-35-41-47-62(67)79-58(51-73-60(65)45-39-33-27-19-17-15-13-11-8-2)53-77-81(69,70)75-49-57(64)50-76-82(71,72)78-54-59(52-74-61(66)46-40-34-28-23-21-25-31-37-43-55(4)5)80-63(68)48-42-36-30-24-22-26-32-38-44-56(6)9-3/h55-59,64H,7-54H2,1-6H3,(H,69,70)(H,71,72)/t56?,57-,58+,59+/m0/s1. The number of hydrogen-bond acceptors (Lipinski definition) is 15. The molecule has 6 atom stereocenters. The highest BCUT2D eigenvalue weighted by atomic mass is 31.2. The predicted molar refractivity (Wildman–Crippen MR) is 326 cm³/mol. The van der Waals surface area contributed by atoms with E-state index in [2.05, 4.69) is 41.5 Å². The van der Waals surface area contributed by atoms with Gasteiger partial charge in [-0.05, 0) is 37.5 Å². The van der Waals surface area contributed by atoms with E-state index >= 15 is 0 Å². The van der Waals surface area contributed by atoms with Gasteiger partial charge < -0.3 is 33.8 Å². The first-order valence-electron chi connectivity index (χ1n) is 33.0. The van der Waals surface area contributed by atoms with E-state index in [1.165, 1.54) is 128 Å². The average Bonchev–Trinajstić information content (AvgIpc) is 3.45. The molecule has 0 rings (SSSR count). The topological polar surface area (TPSA) is 237 Å². The SMILES string of the molecule is CCCCCCCCCCCCC(=O)O[C@H](COC(=O)CCCCCCCCCCC)COP(=O)(O)OC[C@H](O)COP(=O)(O)OC[C@@H](COC(=O)CCCCCCCCCCC(C)C)OC(=O)CCCCCCCCCCC(C)CC. The molecule has 0 spiro atoms. The Morgan fingerprint density at radius 2 is 0.622 bits per heavy atom. The summed E-state index contributed by atoms with van der Waals surface area (Å²) in [4.78, 5) is 72.1. The number of carbonyl (C=O) groups excluding carboxylic acids is 4. The van der Waals surface area contributed by atoms with Gasteiger partial charge in [0.15, 0.2) is 12.2 Å². The molecule has 3 unspecified atom stereocenters. The minimum absolute atomic E-state index is 0.104. The second-order valence-corrected chi connectivity index (χ2v) is 26.4. The normalized spacial score (nSPS) is 14.7. The summed E-state index contributed by atoms with van der Waals surface area (Å²) in [5, 5.41) is 10.5. The van der Waals surface area contributed by atoms with E-state index in [1.807, 2.05) is 0 Å². The Balaban J connectivity index is 5.25. The summed E-state index contributed by atoms with van der Waals surface area (Å²) >= 11 is 0. The summed E-state index contributed by atoms with van der Waals surface area (Å²) in [5.41, 5.74) is 0. The van der Waals surface area contributed by atoms with Crippen LogP contribution in [-0.2, 0) is 65.4 Å². The van der Waals surface area contributed by atoms with Gasteiger partial charge in [0.25, 0.3) is 0 Å². The molecule has 17 nitrogen and oxygen atoms in total. The maximum Gasteiger partial charge on any atom is 0.472 e. The molecule has 0 fully saturated rings. The van der Waals surface area contributed by atoms with Crippen molar-refractivity contribution in [1.29, 1.82) is 0 Å². The zero-order valence-electron chi connectivity index (χ0n) is 52.8. The Bertz CT molecular complexity index is 1620. The zero-order chi connectivity index (χ0) is 60.8. The van der Waals surface area contributed by atoms with Crippen molar-refractivity contribution in [2.45, 2.75) is 330 Å². The molecule has 0 aromatic rings. The van der Waals surface area contributed by atoms with E-state index in [9.17, 15) is 43.2 Å². The van der Waals surface area contributed by atoms with E-state index in [0.717, 1.165) is 102 Å². The number of hydrogen-bond donors (Lipinski definition) is 3. The van der Waals surface area contributed by atoms with Crippen molar-refractivity contribution in [1.82, 2.24) is 0 Å². The monoisotopic (exact) mass is 1210 g/mol. The van der Waals surface area contributed by atoms with Crippen LogP contribution in [0, 0.1) is 11.8 Å². The Morgan fingerprint density at radius 3 is 0.927 bits per heavy atom. The minimum Gasteiger partial charge on any atom is -0.462 e. The van der Waals surface area contributed by atoms with E-state index in [0.29, 0.717) is 25.7 Å². The van der Waals surface area contributed by atoms with Crippen molar-refractivity contribution < 1.29 is 80.2 Å². The van der Waals surface area contributed by atoms with E-state index < -0.39 is 97.5 Å². The summed E-state index contributed by atoms with van der Waals surface area (Å²) in [6.07, 6.45) is 37.5. The smallest absolute Gasteiger partial charge is 0.462 e. The summed E-state index contributed by atoms with van der Waals surface area (Å²) in [5.74, 6) is -0.642. The quantitative estimate of drug-likeness (QED) is 0.0222. The third-order valence-electron chi connectivity index (χ3n) is 14.8. The van der Waals surface area contributed by atoms with Gasteiger partial charge in [-0.1, -0.05) is 260 Å². The highest BCUT2D eigenvalue weighted by molar-refractivity contribution is 7.47. The van der Waals surface area contributed by atoms with Crippen LogP contribution in [0.4, 0.5) is 0 Å². The van der Waals surface area contributed by atoms with Gasteiger partial charge in [-0.15, -0.1) is 0 Å². The third-order valence-corrected chi connectivity index (χ3v) is 16.7. The molecule has 82 heavy (non-hydrogen) atoms. The lowest BCUT2D eigenvalue weighted by molar-refractivity contribution is -0.161. The molecule has 0 heterocycles. The predicted octanol–water partition coefficient (Wildman–Crippen LogP) is 17.3. The van der Waals surface area contributed by atoms with Gasteiger partial charge in [0.1, 0.15) is 19.3 Å². The fourth-order valence-corrected chi connectivity index (χ4v) is 10.9. The molecule has 0 aromatic carbocycles. The lowest BCUT2D eigenvalue weighted by Gasteiger charge is -2.21. The van der Waals surface area contributed by atoms with Crippen molar-refractivity contribution in [2.24, 2.45) is 11.8 Å². The molecular formula is C63H122O17P2. The highest BCUT2D eigenvalue weighted by Gasteiger charge is 2.30. The average molecular weight is 1210 g/mol. The lowest BCUT2D eigenvalue weighted by atomic mass is 9.99. The van der Waals surface area contributed by atoms with Crippen molar-refractivity contribution >= 4 is 39.5 Å². The first kappa shape index (κ1) is 80.1. The summed E-state index contributed by atoms with van der Waals surface area (Å²) in [7, 11) is -9.88. The van der Waals surface area contributed by atoms with Crippen LogP contribution in [0.15, 0.2) is 0 Å². The summed E-state index contributed by atoms with van der Waals surface area (Å²) in [6, 6.07) is 0. The number of phosphoric acid groups is 2. The van der Waals surface area contributed by atoms with Crippen molar-refractivity contribution in [2.75, 3.05) is 39.6 Å². The summed E-state index contributed by atoms with van der Waals surface area (Å²) in [6.45, 7) is 9.43. The van der Waals surface area contributed by atoms with E-state index in [4.69, 9.17) is 37.0 Å². The van der Waals surface area contributed by atoms with Crippen LogP contribution >= 0.6 is 15.6 Å². The third kappa shape index (κ3) is 55.9. The van der Waals surface area contributed by atoms with Gasteiger partial charge in [0, 0.05) is 25.7 Å². The maximum atomic E-state index is 13.0. The van der Waals surface area contributed by atoms with E-state index in [1.54, 1.807) is 0 Å². The molecule has 0 aromatic heterocycles. The van der Waals surface area contributed by atoms with Crippen LogP contribution in [0.2, 0.25) is 0 Å². The largest absolute Gasteiger partial charge is 0.472 e. The fraction of sp³-hybridized carbons (Fsp3) is 0.937. The number of unbranched alkanes of at least 4 members (excludes halogenated alkanes) is 31. The highest BCUT2D eigenvalue weighted by Crippen LogP contribution is 2.45. The lowest BCUT2D eigenvalue weighted by Crippen LogP contribution is -2.30. The number of carbonyl (C=O) groups is 4. The molecule has 0 aliphatic rings. The molecule has 0 radical (unpaired) electrons. The van der Waals surface area contributed by atoms with E-state index in [-0.39, 0.29) is 25.7 Å². The number of rotatable bonds is 62. The molecule has 0 amide bonds. The van der Waals surface area contributed by atoms with Crippen LogP contribution in [-0.4, -0.2) is 96.7 Å². The number of aliphatic hydroxyl groups excluding tert-OH is 1. The van der Waals surface area contributed by atoms with Crippen LogP contribution in [0.25, 0.3) is 0 Å². The van der Waals surface area contributed by atoms with Crippen LogP contribution < -0.4 is 0 Å². The molecule has 0 saturated carbocycles.